The summed E-state index contributed by atoms with van der Waals surface area (Å²) in [6.07, 6.45) is 2.33. The lowest BCUT2D eigenvalue weighted by Crippen LogP contribution is -2.31. The molecule has 0 saturated heterocycles. The number of hydrogen-bond acceptors (Lipinski definition) is 2. The summed E-state index contributed by atoms with van der Waals surface area (Å²) >= 11 is 0. The second kappa shape index (κ2) is 6.75. The summed E-state index contributed by atoms with van der Waals surface area (Å²) in [7, 11) is 0. The minimum atomic E-state index is -0.471. The van der Waals surface area contributed by atoms with E-state index in [4.69, 9.17) is 4.42 Å². The van der Waals surface area contributed by atoms with Crippen molar-refractivity contribution in [2.45, 2.75) is 18.4 Å². The van der Waals surface area contributed by atoms with Gasteiger partial charge in [0.2, 0.25) is 5.91 Å². The molecule has 1 aliphatic carbocycles. The van der Waals surface area contributed by atoms with Gasteiger partial charge in [-0.05, 0) is 53.9 Å². The molecule has 0 spiro atoms. The van der Waals surface area contributed by atoms with E-state index in [1.165, 1.54) is 24.3 Å². The standard InChI is InChI=1S/C21H17F2NO2/c22-15-7-3-13(4-8-15)20(14-5-9-16(23)10-6-14)24-21(25)18-12-17(18)19-2-1-11-26-19/h1-11,17-18,20H,12H2,(H,24,25)/t17-,18+/m1/s1. The molecule has 5 heteroatoms. The molecule has 1 amide bonds. The molecule has 0 unspecified atom stereocenters. The summed E-state index contributed by atoms with van der Waals surface area (Å²) in [6, 6.07) is 15.1. The highest BCUT2D eigenvalue weighted by Gasteiger charge is 2.46. The van der Waals surface area contributed by atoms with E-state index in [0.29, 0.717) is 0 Å². The van der Waals surface area contributed by atoms with E-state index in [1.807, 2.05) is 12.1 Å². The molecule has 132 valence electrons. The molecule has 0 bridgehead atoms. The van der Waals surface area contributed by atoms with Gasteiger partial charge < -0.3 is 9.73 Å². The Kier molecular flexibility index (Phi) is 4.29. The summed E-state index contributed by atoms with van der Waals surface area (Å²) < 4.78 is 31.9. The fourth-order valence-corrected chi connectivity index (χ4v) is 3.22. The summed E-state index contributed by atoms with van der Waals surface area (Å²) in [4.78, 5) is 12.7. The molecular weight excluding hydrogens is 336 g/mol. The van der Waals surface area contributed by atoms with E-state index >= 15 is 0 Å². The van der Waals surface area contributed by atoms with Crippen LogP contribution in [-0.2, 0) is 4.79 Å². The van der Waals surface area contributed by atoms with Crippen LogP contribution in [0.5, 0.6) is 0 Å². The number of hydrogen-bond donors (Lipinski definition) is 1. The van der Waals surface area contributed by atoms with Crippen molar-refractivity contribution in [1.29, 1.82) is 0 Å². The lowest BCUT2D eigenvalue weighted by molar-refractivity contribution is -0.122. The van der Waals surface area contributed by atoms with Crippen molar-refractivity contribution in [3.8, 4) is 0 Å². The summed E-state index contributed by atoms with van der Waals surface area (Å²) in [6.45, 7) is 0. The Morgan fingerprint density at radius 1 is 0.962 bits per heavy atom. The van der Waals surface area contributed by atoms with Crippen LogP contribution in [0.15, 0.2) is 71.3 Å². The van der Waals surface area contributed by atoms with E-state index in [9.17, 15) is 13.6 Å². The van der Waals surface area contributed by atoms with Gasteiger partial charge in [-0.15, -0.1) is 0 Å². The van der Waals surface area contributed by atoms with Gasteiger partial charge in [0, 0.05) is 11.8 Å². The normalized spacial score (nSPS) is 18.7. The zero-order valence-corrected chi connectivity index (χ0v) is 13.9. The molecule has 3 aromatic rings. The monoisotopic (exact) mass is 353 g/mol. The predicted molar refractivity (Wildman–Crippen MR) is 92.3 cm³/mol. The van der Waals surface area contributed by atoms with E-state index in [0.717, 1.165) is 23.3 Å². The van der Waals surface area contributed by atoms with Gasteiger partial charge in [-0.2, -0.15) is 0 Å². The van der Waals surface area contributed by atoms with Crippen LogP contribution in [0, 0.1) is 17.6 Å². The molecule has 0 radical (unpaired) electrons. The molecule has 1 aromatic heterocycles. The largest absolute Gasteiger partial charge is 0.469 e. The van der Waals surface area contributed by atoms with Crippen LogP contribution in [0.1, 0.15) is 35.3 Å². The molecule has 1 heterocycles. The van der Waals surface area contributed by atoms with Crippen molar-refractivity contribution < 1.29 is 18.0 Å². The van der Waals surface area contributed by atoms with Gasteiger partial charge in [0.15, 0.2) is 0 Å². The fraction of sp³-hybridized carbons (Fsp3) is 0.190. The number of amides is 1. The van der Waals surface area contributed by atoms with Crippen molar-refractivity contribution >= 4 is 5.91 Å². The van der Waals surface area contributed by atoms with Gasteiger partial charge in [0.05, 0.1) is 12.3 Å². The Hall–Kier alpha value is -2.95. The van der Waals surface area contributed by atoms with Crippen molar-refractivity contribution in [3.63, 3.8) is 0 Å². The number of benzene rings is 2. The lowest BCUT2D eigenvalue weighted by atomic mass is 9.98. The van der Waals surface area contributed by atoms with Crippen molar-refractivity contribution in [3.05, 3.63) is 95.4 Å². The highest BCUT2D eigenvalue weighted by Crippen LogP contribution is 2.48. The summed E-state index contributed by atoms with van der Waals surface area (Å²) in [5.41, 5.74) is 1.48. The first-order valence-corrected chi connectivity index (χ1v) is 8.46. The highest BCUT2D eigenvalue weighted by molar-refractivity contribution is 5.83. The summed E-state index contributed by atoms with van der Waals surface area (Å²) in [5.74, 6) is -0.0389. The van der Waals surface area contributed by atoms with Gasteiger partial charge in [0.1, 0.15) is 17.4 Å². The third-order valence-corrected chi connectivity index (χ3v) is 4.73. The Morgan fingerprint density at radius 3 is 2.04 bits per heavy atom. The highest BCUT2D eigenvalue weighted by atomic mass is 19.1. The zero-order chi connectivity index (χ0) is 18.1. The number of carbonyl (C=O) groups is 1. The number of carbonyl (C=O) groups excluding carboxylic acids is 1. The molecule has 1 saturated carbocycles. The van der Waals surface area contributed by atoms with Crippen LogP contribution in [0.2, 0.25) is 0 Å². The Morgan fingerprint density at radius 2 is 1.54 bits per heavy atom. The SMILES string of the molecule is O=C(NC(c1ccc(F)cc1)c1ccc(F)cc1)[C@H]1C[C@H]1c1ccco1. The predicted octanol–water partition coefficient (Wildman–Crippen LogP) is 4.57. The zero-order valence-electron chi connectivity index (χ0n) is 13.9. The number of furan rings is 1. The number of rotatable bonds is 5. The van der Waals surface area contributed by atoms with Gasteiger partial charge >= 0.3 is 0 Å². The Labute approximate surface area is 149 Å². The minimum Gasteiger partial charge on any atom is -0.469 e. The average molecular weight is 353 g/mol. The quantitative estimate of drug-likeness (QED) is 0.730. The van der Waals surface area contributed by atoms with E-state index in [1.54, 1.807) is 30.5 Å². The third-order valence-electron chi connectivity index (χ3n) is 4.73. The molecule has 4 rings (SSSR count). The maximum Gasteiger partial charge on any atom is 0.224 e. The van der Waals surface area contributed by atoms with Crippen LogP contribution in [0.4, 0.5) is 8.78 Å². The maximum atomic E-state index is 13.3. The van der Waals surface area contributed by atoms with Crippen LogP contribution in [0.3, 0.4) is 0 Å². The second-order valence-corrected chi connectivity index (χ2v) is 6.51. The van der Waals surface area contributed by atoms with Crippen molar-refractivity contribution in [2.24, 2.45) is 5.92 Å². The molecule has 1 aliphatic rings. The lowest BCUT2D eigenvalue weighted by Gasteiger charge is -2.20. The Bertz CT molecular complexity index is 843. The van der Waals surface area contributed by atoms with E-state index in [2.05, 4.69) is 5.32 Å². The van der Waals surface area contributed by atoms with Crippen LogP contribution in [-0.4, -0.2) is 5.91 Å². The third kappa shape index (κ3) is 3.38. The molecule has 2 atom stereocenters. The van der Waals surface area contributed by atoms with Gasteiger partial charge in [-0.25, -0.2) is 8.78 Å². The van der Waals surface area contributed by atoms with E-state index in [-0.39, 0.29) is 29.4 Å². The molecular formula is C21H17F2NO2. The van der Waals surface area contributed by atoms with Crippen LogP contribution >= 0.6 is 0 Å². The van der Waals surface area contributed by atoms with Crippen LogP contribution < -0.4 is 5.32 Å². The molecule has 2 aromatic carbocycles. The number of nitrogens with one attached hydrogen (secondary N) is 1. The first-order chi connectivity index (χ1) is 12.6. The van der Waals surface area contributed by atoms with Gasteiger partial charge in [-0.3, -0.25) is 4.79 Å². The molecule has 1 N–H and O–H groups in total. The van der Waals surface area contributed by atoms with Gasteiger partial charge in [0.25, 0.3) is 0 Å². The minimum absolute atomic E-state index is 0.0899. The van der Waals surface area contributed by atoms with Crippen LogP contribution in [0.25, 0.3) is 0 Å². The molecule has 1 fully saturated rings. The smallest absolute Gasteiger partial charge is 0.224 e. The first kappa shape index (κ1) is 16.5. The Balaban J connectivity index is 1.56. The number of halogens is 2. The molecule has 0 aliphatic heterocycles. The maximum absolute atomic E-state index is 13.3. The molecule has 3 nitrogen and oxygen atoms in total. The fourth-order valence-electron chi connectivity index (χ4n) is 3.22. The van der Waals surface area contributed by atoms with Crippen molar-refractivity contribution in [2.75, 3.05) is 0 Å². The summed E-state index contributed by atoms with van der Waals surface area (Å²) in [5, 5.41) is 3.02. The van der Waals surface area contributed by atoms with Gasteiger partial charge in [-0.1, -0.05) is 24.3 Å². The average Bonchev–Trinajstić information content (AvgIpc) is 3.27. The second-order valence-electron chi connectivity index (χ2n) is 6.51. The van der Waals surface area contributed by atoms with Crippen molar-refractivity contribution in [1.82, 2.24) is 5.32 Å². The first-order valence-electron chi connectivity index (χ1n) is 8.46. The molecule has 26 heavy (non-hydrogen) atoms. The van der Waals surface area contributed by atoms with E-state index < -0.39 is 6.04 Å². The topological polar surface area (TPSA) is 42.2 Å².